The van der Waals surface area contributed by atoms with Crippen LogP contribution in [-0.2, 0) is 35.1 Å². The van der Waals surface area contributed by atoms with E-state index in [2.05, 4.69) is 10.6 Å². The zero-order valence-corrected chi connectivity index (χ0v) is 25.7. The molecule has 0 aromatic heterocycles. The predicted molar refractivity (Wildman–Crippen MR) is 156 cm³/mol. The maximum atomic E-state index is 13.3. The second kappa shape index (κ2) is 13.7. The Morgan fingerprint density at radius 1 is 0.762 bits per heavy atom. The average molecular weight is 587 g/mol. The Morgan fingerprint density at radius 3 is 1.86 bits per heavy atom. The number of phenolic OH excluding ortho intramolecular Hbond substituents is 1. The van der Waals surface area contributed by atoms with E-state index in [0.29, 0.717) is 16.8 Å². The third kappa shape index (κ3) is 12.2. The number of hydrogen-bond donors (Lipinski definition) is 3. The van der Waals surface area contributed by atoms with Gasteiger partial charge in [-0.05, 0) is 104 Å². The number of phenols is 1. The summed E-state index contributed by atoms with van der Waals surface area (Å²) in [6, 6.07) is 10.9. The monoisotopic (exact) mass is 586 g/mol. The van der Waals surface area contributed by atoms with Gasteiger partial charge in [-0.25, -0.2) is 14.4 Å². The van der Waals surface area contributed by atoms with Gasteiger partial charge in [0.1, 0.15) is 22.6 Å². The van der Waals surface area contributed by atoms with E-state index < -0.39 is 52.9 Å². The third-order valence-corrected chi connectivity index (χ3v) is 5.02. The van der Waals surface area contributed by atoms with Gasteiger partial charge in [0, 0.05) is 11.3 Å². The first-order valence-corrected chi connectivity index (χ1v) is 13.5. The normalized spacial score (nSPS) is 13.4. The number of ether oxygens (including phenoxy) is 4. The van der Waals surface area contributed by atoms with Crippen LogP contribution in [0, 0.1) is 0 Å². The molecule has 0 spiro atoms. The first kappa shape index (κ1) is 34.1. The first-order chi connectivity index (χ1) is 19.2. The molecule has 3 N–H and O–H groups in total. The van der Waals surface area contributed by atoms with Crippen molar-refractivity contribution in [3.63, 3.8) is 0 Å². The fraction of sp³-hybridized carbons (Fsp3) is 0.484. The molecule has 2 amide bonds. The smallest absolute Gasteiger partial charge is 0.408 e. The second-order valence-corrected chi connectivity index (χ2v) is 12.6. The minimum Gasteiger partial charge on any atom is -0.508 e. The van der Waals surface area contributed by atoms with Gasteiger partial charge in [0.15, 0.2) is 12.1 Å². The topological polar surface area (TPSA) is 149 Å². The van der Waals surface area contributed by atoms with Crippen LogP contribution in [-0.4, -0.2) is 58.0 Å². The van der Waals surface area contributed by atoms with E-state index in [4.69, 9.17) is 18.9 Å². The van der Waals surface area contributed by atoms with Crippen molar-refractivity contribution in [2.24, 2.45) is 0 Å². The molecule has 0 radical (unpaired) electrons. The molecule has 0 saturated carbocycles. The standard InChI is InChI=1S/C31H42N2O9/c1-29(2,3)40-26(36)23(33-28(38)42-31(7,8)9)24(27(37)41-30(4,5)6)39-18-19-11-10-12-21(17-19)32-25(35)20-13-15-22(34)16-14-20/h10-17,23-24,34H,18H2,1-9H3,(H,32,35)(H,33,38)/t23-,24-/m0/s1. The molecular formula is C31H42N2O9. The molecule has 2 atom stereocenters. The van der Waals surface area contributed by atoms with Gasteiger partial charge in [-0.15, -0.1) is 0 Å². The molecule has 11 nitrogen and oxygen atoms in total. The lowest BCUT2D eigenvalue weighted by Gasteiger charge is -2.31. The van der Waals surface area contributed by atoms with Gasteiger partial charge in [0.2, 0.25) is 0 Å². The number of aromatic hydroxyl groups is 1. The van der Waals surface area contributed by atoms with Crippen LogP contribution >= 0.6 is 0 Å². The molecule has 0 aliphatic rings. The maximum Gasteiger partial charge on any atom is 0.408 e. The van der Waals surface area contributed by atoms with Crippen molar-refractivity contribution in [2.75, 3.05) is 5.32 Å². The van der Waals surface area contributed by atoms with Gasteiger partial charge in [-0.1, -0.05) is 12.1 Å². The summed E-state index contributed by atoms with van der Waals surface area (Å²) in [6.07, 6.45) is -2.56. The van der Waals surface area contributed by atoms with E-state index in [1.165, 1.54) is 24.3 Å². The van der Waals surface area contributed by atoms with Crippen molar-refractivity contribution in [3.05, 3.63) is 59.7 Å². The minimum absolute atomic E-state index is 0.0380. The van der Waals surface area contributed by atoms with Crippen LogP contribution < -0.4 is 10.6 Å². The number of benzene rings is 2. The predicted octanol–water partition coefficient (Wildman–Crippen LogP) is 5.11. The number of rotatable bonds is 9. The van der Waals surface area contributed by atoms with Gasteiger partial charge in [-0.2, -0.15) is 0 Å². The van der Waals surface area contributed by atoms with E-state index in [0.717, 1.165) is 0 Å². The van der Waals surface area contributed by atoms with Crippen LogP contribution in [0.25, 0.3) is 0 Å². The Balaban J connectivity index is 2.34. The highest BCUT2D eigenvalue weighted by molar-refractivity contribution is 6.04. The van der Waals surface area contributed by atoms with Crippen LogP contribution in [0.15, 0.2) is 48.5 Å². The Bertz CT molecular complexity index is 1250. The molecule has 0 heterocycles. The summed E-state index contributed by atoms with van der Waals surface area (Å²) in [7, 11) is 0. The fourth-order valence-electron chi connectivity index (χ4n) is 3.46. The van der Waals surface area contributed by atoms with Crippen LogP contribution in [0.4, 0.5) is 10.5 Å². The number of carbonyl (C=O) groups excluding carboxylic acids is 4. The third-order valence-electron chi connectivity index (χ3n) is 5.02. The highest BCUT2D eigenvalue weighted by Gasteiger charge is 2.42. The molecule has 230 valence electrons. The summed E-state index contributed by atoms with van der Waals surface area (Å²) in [5.41, 5.74) is -1.41. The highest BCUT2D eigenvalue weighted by Crippen LogP contribution is 2.20. The van der Waals surface area contributed by atoms with E-state index in [-0.39, 0.29) is 12.4 Å². The molecule has 11 heteroatoms. The Morgan fingerprint density at radius 2 is 1.31 bits per heavy atom. The summed E-state index contributed by atoms with van der Waals surface area (Å²) in [5.74, 6) is -2.17. The summed E-state index contributed by atoms with van der Waals surface area (Å²) < 4.78 is 22.3. The Hall–Kier alpha value is -4.12. The number of hydrogen-bond acceptors (Lipinski definition) is 9. The summed E-state index contributed by atoms with van der Waals surface area (Å²) in [6.45, 7) is 14.7. The molecule has 2 aromatic rings. The van der Waals surface area contributed by atoms with Crippen molar-refractivity contribution < 1.29 is 43.2 Å². The number of esters is 2. The van der Waals surface area contributed by atoms with Crippen molar-refractivity contribution >= 4 is 29.6 Å². The number of anilines is 1. The average Bonchev–Trinajstić information content (AvgIpc) is 2.80. The Kier molecular flexibility index (Phi) is 11.1. The largest absolute Gasteiger partial charge is 0.508 e. The molecule has 0 bridgehead atoms. The quantitative estimate of drug-likeness (QED) is 0.269. The van der Waals surface area contributed by atoms with Crippen LogP contribution in [0.2, 0.25) is 0 Å². The molecule has 0 aliphatic carbocycles. The first-order valence-electron chi connectivity index (χ1n) is 13.5. The van der Waals surface area contributed by atoms with Crippen molar-refractivity contribution in [1.82, 2.24) is 5.32 Å². The van der Waals surface area contributed by atoms with Gasteiger partial charge in [-0.3, -0.25) is 4.79 Å². The zero-order chi connectivity index (χ0) is 31.9. The van der Waals surface area contributed by atoms with Gasteiger partial charge >= 0.3 is 18.0 Å². The van der Waals surface area contributed by atoms with Crippen LogP contribution in [0.3, 0.4) is 0 Å². The minimum atomic E-state index is -1.61. The molecule has 0 saturated heterocycles. The maximum absolute atomic E-state index is 13.3. The molecule has 42 heavy (non-hydrogen) atoms. The number of alkyl carbamates (subject to hydrolysis) is 1. The second-order valence-electron chi connectivity index (χ2n) is 12.6. The van der Waals surface area contributed by atoms with E-state index in [1.807, 2.05) is 0 Å². The number of nitrogens with one attached hydrogen (secondary N) is 2. The zero-order valence-electron chi connectivity index (χ0n) is 25.7. The van der Waals surface area contributed by atoms with E-state index in [1.54, 1.807) is 86.6 Å². The van der Waals surface area contributed by atoms with Gasteiger partial charge in [0.25, 0.3) is 5.91 Å². The molecule has 0 unspecified atom stereocenters. The molecular weight excluding hydrogens is 544 g/mol. The van der Waals surface area contributed by atoms with Crippen molar-refractivity contribution in [3.8, 4) is 5.75 Å². The SMILES string of the molecule is CC(C)(C)OC(=O)N[C@H](C(=O)OC(C)(C)C)[C@H](OCc1cccc(NC(=O)c2ccc(O)cc2)c1)C(=O)OC(C)(C)C. The van der Waals surface area contributed by atoms with Gasteiger partial charge in [0.05, 0.1) is 6.61 Å². The highest BCUT2D eigenvalue weighted by atomic mass is 16.6. The molecule has 0 aliphatic heterocycles. The summed E-state index contributed by atoms with van der Waals surface area (Å²) in [5, 5.41) is 14.6. The fourth-order valence-corrected chi connectivity index (χ4v) is 3.46. The molecule has 0 fully saturated rings. The van der Waals surface area contributed by atoms with Crippen LogP contribution in [0.5, 0.6) is 5.75 Å². The number of carbonyl (C=O) groups is 4. The van der Waals surface area contributed by atoms with Crippen LogP contribution in [0.1, 0.15) is 78.2 Å². The van der Waals surface area contributed by atoms with Gasteiger partial charge < -0.3 is 34.7 Å². The molecule has 2 aromatic carbocycles. The number of amides is 2. The summed E-state index contributed by atoms with van der Waals surface area (Å²) in [4.78, 5) is 51.9. The lowest BCUT2D eigenvalue weighted by atomic mass is 10.1. The van der Waals surface area contributed by atoms with E-state index in [9.17, 15) is 24.3 Å². The molecule has 2 rings (SSSR count). The lowest BCUT2D eigenvalue weighted by Crippen LogP contribution is -2.56. The lowest BCUT2D eigenvalue weighted by molar-refractivity contribution is -0.180. The van der Waals surface area contributed by atoms with Crippen molar-refractivity contribution in [2.45, 2.75) is 97.9 Å². The summed E-state index contributed by atoms with van der Waals surface area (Å²) >= 11 is 0. The Labute approximate surface area is 246 Å². The van der Waals surface area contributed by atoms with Crippen molar-refractivity contribution in [1.29, 1.82) is 0 Å². The van der Waals surface area contributed by atoms with E-state index >= 15 is 0 Å².